The standard InChI is InChI=1S/C16H17N3O/c1-16(2,3)15-18-13(8-17)14(20-15)19-9-11-6-4-5-7-12(11)10-19/h4-7H,9-10H2,1-3H3. The van der Waals surface area contributed by atoms with Crippen LogP contribution in [0.2, 0.25) is 0 Å². The summed E-state index contributed by atoms with van der Waals surface area (Å²) < 4.78 is 5.88. The number of rotatable bonds is 1. The van der Waals surface area contributed by atoms with E-state index >= 15 is 0 Å². The van der Waals surface area contributed by atoms with E-state index in [1.807, 2.05) is 32.9 Å². The maximum absolute atomic E-state index is 9.28. The molecule has 1 aliphatic heterocycles. The molecule has 0 saturated heterocycles. The van der Waals surface area contributed by atoms with Crippen LogP contribution in [0.4, 0.5) is 5.88 Å². The monoisotopic (exact) mass is 267 g/mol. The van der Waals surface area contributed by atoms with Gasteiger partial charge < -0.3 is 9.32 Å². The number of nitriles is 1. The summed E-state index contributed by atoms with van der Waals surface area (Å²) >= 11 is 0. The summed E-state index contributed by atoms with van der Waals surface area (Å²) in [5, 5.41) is 9.28. The number of hydrogen-bond acceptors (Lipinski definition) is 4. The number of anilines is 1. The fourth-order valence-corrected chi connectivity index (χ4v) is 2.40. The minimum Gasteiger partial charge on any atom is -0.423 e. The predicted molar refractivity (Wildman–Crippen MR) is 76.2 cm³/mol. The number of fused-ring (bicyclic) bond motifs is 1. The molecule has 4 nitrogen and oxygen atoms in total. The van der Waals surface area contributed by atoms with Crippen molar-refractivity contribution in [2.45, 2.75) is 39.3 Å². The van der Waals surface area contributed by atoms with E-state index in [1.54, 1.807) is 0 Å². The van der Waals surface area contributed by atoms with Crippen LogP contribution in [0.15, 0.2) is 28.7 Å². The molecule has 3 rings (SSSR count). The van der Waals surface area contributed by atoms with Gasteiger partial charge in [0.15, 0.2) is 0 Å². The Labute approximate surface area is 118 Å². The SMILES string of the molecule is CC(C)(C)c1nc(C#N)c(N2Cc3ccccc3C2)o1. The molecule has 0 spiro atoms. The minimum atomic E-state index is -0.198. The van der Waals surface area contributed by atoms with Crippen LogP contribution in [-0.4, -0.2) is 4.98 Å². The van der Waals surface area contributed by atoms with Gasteiger partial charge >= 0.3 is 0 Å². The first kappa shape index (κ1) is 12.7. The molecule has 0 saturated carbocycles. The molecule has 1 aromatic heterocycles. The summed E-state index contributed by atoms with van der Waals surface area (Å²) in [5.41, 5.74) is 2.74. The third-order valence-corrected chi connectivity index (χ3v) is 3.48. The second-order valence-electron chi connectivity index (χ2n) is 6.16. The summed E-state index contributed by atoms with van der Waals surface area (Å²) in [6.07, 6.45) is 0. The Morgan fingerprint density at radius 3 is 2.30 bits per heavy atom. The van der Waals surface area contributed by atoms with E-state index in [9.17, 15) is 5.26 Å². The zero-order chi connectivity index (χ0) is 14.3. The summed E-state index contributed by atoms with van der Waals surface area (Å²) in [4.78, 5) is 6.41. The van der Waals surface area contributed by atoms with Gasteiger partial charge in [0, 0.05) is 18.5 Å². The van der Waals surface area contributed by atoms with E-state index in [0.717, 1.165) is 13.1 Å². The number of oxazole rings is 1. The zero-order valence-corrected chi connectivity index (χ0v) is 12.0. The van der Waals surface area contributed by atoms with Gasteiger partial charge in [-0.3, -0.25) is 0 Å². The van der Waals surface area contributed by atoms with Gasteiger partial charge in [0.1, 0.15) is 6.07 Å². The normalized spacial score (nSPS) is 14.2. The number of aromatic nitrogens is 1. The van der Waals surface area contributed by atoms with Crippen molar-refractivity contribution in [1.29, 1.82) is 5.26 Å². The lowest BCUT2D eigenvalue weighted by atomic mass is 9.97. The van der Waals surface area contributed by atoms with Gasteiger partial charge in [-0.15, -0.1) is 0 Å². The highest BCUT2D eigenvalue weighted by atomic mass is 16.4. The zero-order valence-electron chi connectivity index (χ0n) is 12.0. The molecule has 0 atom stereocenters. The van der Waals surface area contributed by atoms with E-state index in [0.29, 0.717) is 17.5 Å². The summed E-state index contributed by atoms with van der Waals surface area (Å²) in [6, 6.07) is 10.4. The molecule has 0 bridgehead atoms. The Kier molecular flexibility index (Phi) is 2.79. The van der Waals surface area contributed by atoms with E-state index in [1.165, 1.54) is 11.1 Å². The van der Waals surface area contributed by atoms with Crippen molar-refractivity contribution in [1.82, 2.24) is 4.98 Å². The van der Waals surface area contributed by atoms with Crippen LogP contribution < -0.4 is 4.90 Å². The Morgan fingerprint density at radius 2 is 1.80 bits per heavy atom. The molecule has 1 aromatic carbocycles. The second-order valence-corrected chi connectivity index (χ2v) is 6.16. The van der Waals surface area contributed by atoms with Crippen molar-refractivity contribution in [3.63, 3.8) is 0 Å². The highest BCUT2D eigenvalue weighted by molar-refractivity contribution is 5.52. The van der Waals surface area contributed by atoms with Crippen molar-refractivity contribution in [3.05, 3.63) is 47.0 Å². The fourth-order valence-electron chi connectivity index (χ4n) is 2.40. The van der Waals surface area contributed by atoms with Crippen LogP contribution in [0.5, 0.6) is 0 Å². The number of hydrogen-bond donors (Lipinski definition) is 0. The lowest BCUT2D eigenvalue weighted by Crippen LogP contribution is -2.15. The predicted octanol–water partition coefficient (Wildman–Crippen LogP) is 3.36. The number of nitrogens with zero attached hydrogens (tertiary/aromatic N) is 3. The lowest BCUT2D eigenvalue weighted by molar-refractivity contribution is 0.391. The van der Waals surface area contributed by atoms with Crippen LogP contribution in [0.25, 0.3) is 0 Å². The molecule has 0 fully saturated rings. The van der Waals surface area contributed by atoms with Crippen molar-refractivity contribution >= 4 is 5.88 Å². The number of benzene rings is 1. The fraction of sp³-hybridized carbons (Fsp3) is 0.375. The van der Waals surface area contributed by atoms with Crippen LogP contribution >= 0.6 is 0 Å². The maximum atomic E-state index is 9.28. The van der Waals surface area contributed by atoms with E-state index in [4.69, 9.17) is 4.42 Å². The van der Waals surface area contributed by atoms with Crippen LogP contribution in [0.3, 0.4) is 0 Å². The van der Waals surface area contributed by atoms with Crippen LogP contribution in [0, 0.1) is 11.3 Å². The smallest absolute Gasteiger partial charge is 0.235 e. The molecular formula is C16H17N3O. The minimum absolute atomic E-state index is 0.198. The first-order valence-corrected chi connectivity index (χ1v) is 6.72. The highest BCUT2D eigenvalue weighted by Crippen LogP contribution is 2.34. The van der Waals surface area contributed by atoms with Crippen molar-refractivity contribution < 1.29 is 4.42 Å². The third kappa shape index (κ3) is 2.05. The van der Waals surface area contributed by atoms with Gasteiger partial charge in [-0.05, 0) is 11.1 Å². The maximum Gasteiger partial charge on any atom is 0.235 e. The Hall–Kier alpha value is -2.28. The summed E-state index contributed by atoms with van der Waals surface area (Å²) in [5.74, 6) is 1.20. The van der Waals surface area contributed by atoms with Gasteiger partial charge in [0.25, 0.3) is 0 Å². The van der Waals surface area contributed by atoms with E-state index in [-0.39, 0.29) is 5.41 Å². The first-order valence-electron chi connectivity index (χ1n) is 6.72. The van der Waals surface area contributed by atoms with Crippen molar-refractivity contribution in [2.24, 2.45) is 0 Å². The molecule has 102 valence electrons. The quantitative estimate of drug-likeness (QED) is 0.795. The third-order valence-electron chi connectivity index (χ3n) is 3.48. The average molecular weight is 267 g/mol. The van der Waals surface area contributed by atoms with Gasteiger partial charge in [0.2, 0.25) is 17.5 Å². The molecule has 0 N–H and O–H groups in total. The molecule has 2 heterocycles. The van der Waals surface area contributed by atoms with E-state index in [2.05, 4.69) is 28.1 Å². The average Bonchev–Trinajstić information content (AvgIpc) is 3.01. The first-order chi connectivity index (χ1) is 9.49. The highest BCUT2D eigenvalue weighted by Gasteiger charge is 2.29. The van der Waals surface area contributed by atoms with E-state index < -0.39 is 0 Å². The summed E-state index contributed by atoms with van der Waals surface area (Å²) in [7, 11) is 0. The lowest BCUT2D eigenvalue weighted by Gasteiger charge is -2.15. The topological polar surface area (TPSA) is 53.1 Å². The Balaban J connectivity index is 1.97. The molecule has 0 unspecified atom stereocenters. The summed E-state index contributed by atoms with van der Waals surface area (Å²) in [6.45, 7) is 7.63. The molecule has 2 aromatic rings. The molecule has 0 aliphatic carbocycles. The van der Waals surface area contributed by atoms with Gasteiger partial charge in [-0.1, -0.05) is 45.0 Å². The largest absolute Gasteiger partial charge is 0.423 e. The Morgan fingerprint density at radius 1 is 1.20 bits per heavy atom. The molecule has 0 radical (unpaired) electrons. The van der Waals surface area contributed by atoms with Crippen molar-refractivity contribution in [2.75, 3.05) is 4.90 Å². The second kappa shape index (κ2) is 4.38. The van der Waals surface area contributed by atoms with Crippen molar-refractivity contribution in [3.8, 4) is 6.07 Å². The van der Waals surface area contributed by atoms with Gasteiger partial charge in [-0.25, -0.2) is 0 Å². The Bertz CT molecular complexity index is 663. The molecule has 1 aliphatic rings. The van der Waals surface area contributed by atoms with Gasteiger partial charge in [0.05, 0.1) is 0 Å². The van der Waals surface area contributed by atoms with Gasteiger partial charge in [-0.2, -0.15) is 10.2 Å². The molecule has 20 heavy (non-hydrogen) atoms. The van der Waals surface area contributed by atoms with Crippen LogP contribution in [-0.2, 0) is 18.5 Å². The molecule has 0 amide bonds. The molecular weight excluding hydrogens is 250 g/mol. The molecule has 4 heteroatoms. The van der Waals surface area contributed by atoms with Crippen LogP contribution in [0.1, 0.15) is 43.5 Å².